The normalized spacial score (nSPS) is 42.5. The van der Waals surface area contributed by atoms with Crippen LogP contribution < -0.4 is 0 Å². The summed E-state index contributed by atoms with van der Waals surface area (Å²) in [6, 6.07) is 0. The number of esters is 1. The molecule has 0 bridgehead atoms. The lowest BCUT2D eigenvalue weighted by molar-refractivity contribution is -0.146. The Bertz CT molecular complexity index is 401. The van der Waals surface area contributed by atoms with Crippen LogP contribution in [0.1, 0.15) is 19.8 Å². The van der Waals surface area contributed by atoms with E-state index < -0.39 is 27.0 Å². The first-order chi connectivity index (χ1) is 6.85. The summed E-state index contributed by atoms with van der Waals surface area (Å²) in [6.45, 7) is 1.60. The number of carbonyl (C=O) groups is 1. The second kappa shape index (κ2) is 2.95. The number of methoxy groups -OCH3 is 1. The lowest BCUT2D eigenvalue weighted by Gasteiger charge is -2.20. The highest BCUT2D eigenvalue weighted by Crippen LogP contribution is 2.54. The van der Waals surface area contributed by atoms with Gasteiger partial charge in [0.1, 0.15) is 5.60 Å². The molecule has 0 aromatic carbocycles. The predicted molar refractivity (Wildman–Crippen MR) is 52.1 cm³/mol. The Morgan fingerprint density at radius 2 is 2.13 bits per heavy atom. The third-order valence-corrected chi connectivity index (χ3v) is 5.11. The highest BCUT2D eigenvalue weighted by molar-refractivity contribution is 7.91. The number of rotatable bonds is 1. The van der Waals surface area contributed by atoms with Gasteiger partial charge < -0.3 is 9.47 Å². The second-order valence-corrected chi connectivity index (χ2v) is 6.50. The molecule has 0 aromatic rings. The van der Waals surface area contributed by atoms with E-state index in [0.717, 1.165) is 0 Å². The van der Waals surface area contributed by atoms with Crippen LogP contribution in [0.2, 0.25) is 0 Å². The molecule has 2 heterocycles. The summed E-state index contributed by atoms with van der Waals surface area (Å²) in [5.41, 5.74) is -1.88. The molecule has 2 aliphatic heterocycles. The first kappa shape index (κ1) is 10.9. The fourth-order valence-corrected chi connectivity index (χ4v) is 4.24. The number of hydrogen-bond donors (Lipinski definition) is 0. The Balaban J connectivity index is 2.22. The Labute approximate surface area is 88.7 Å². The van der Waals surface area contributed by atoms with E-state index in [-0.39, 0.29) is 11.5 Å². The fourth-order valence-electron chi connectivity index (χ4n) is 2.32. The Morgan fingerprint density at radius 3 is 2.67 bits per heavy atom. The van der Waals surface area contributed by atoms with Crippen molar-refractivity contribution in [3.05, 3.63) is 0 Å². The third-order valence-electron chi connectivity index (χ3n) is 3.29. The van der Waals surface area contributed by atoms with Gasteiger partial charge in [-0.15, -0.1) is 0 Å². The molecular weight excluding hydrogens is 220 g/mol. The molecule has 6 heteroatoms. The topological polar surface area (TPSA) is 73.0 Å². The lowest BCUT2D eigenvalue weighted by atomic mass is 9.91. The number of ether oxygens (including phenoxy) is 2. The Kier molecular flexibility index (Phi) is 2.14. The monoisotopic (exact) mass is 234 g/mol. The van der Waals surface area contributed by atoms with Crippen LogP contribution in [-0.2, 0) is 24.1 Å². The summed E-state index contributed by atoms with van der Waals surface area (Å²) < 4.78 is 32.9. The molecule has 0 aromatic heterocycles. The van der Waals surface area contributed by atoms with Crippen LogP contribution in [0.5, 0.6) is 0 Å². The van der Waals surface area contributed by atoms with Gasteiger partial charge in [0, 0.05) is 0 Å². The van der Waals surface area contributed by atoms with Gasteiger partial charge in [-0.05, 0) is 19.8 Å². The average molecular weight is 234 g/mol. The van der Waals surface area contributed by atoms with Gasteiger partial charge >= 0.3 is 5.97 Å². The molecule has 0 aliphatic carbocycles. The molecule has 15 heavy (non-hydrogen) atoms. The molecule has 2 aliphatic rings. The van der Waals surface area contributed by atoms with Gasteiger partial charge in [0.2, 0.25) is 0 Å². The quantitative estimate of drug-likeness (QED) is 0.468. The van der Waals surface area contributed by atoms with Gasteiger partial charge in [-0.1, -0.05) is 0 Å². The van der Waals surface area contributed by atoms with Crippen LogP contribution in [-0.4, -0.2) is 44.2 Å². The minimum atomic E-state index is -3.07. The summed E-state index contributed by atoms with van der Waals surface area (Å²) in [5.74, 6) is -0.361. The summed E-state index contributed by atoms with van der Waals surface area (Å²) in [6.07, 6.45) is 1.16. The molecule has 0 N–H and O–H groups in total. The average Bonchev–Trinajstić information content (AvgIpc) is 2.68. The Hall–Kier alpha value is -0.620. The van der Waals surface area contributed by atoms with Crippen LogP contribution >= 0.6 is 0 Å². The zero-order valence-corrected chi connectivity index (χ0v) is 9.59. The SMILES string of the molecule is COC(=O)C1(C)OC12CCCS(=O)(=O)C2. The van der Waals surface area contributed by atoms with Crippen molar-refractivity contribution >= 4 is 15.8 Å². The standard InChI is InChI=1S/C9H14O5S/c1-8(7(10)13-2)9(14-8)4-3-5-15(11,12)6-9/h3-6H2,1-2H3. The number of carbonyl (C=O) groups excluding carboxylic acids is 1. The highest BCUT2D eigenvalue weighted by Gasteiger charge is 2.74. The van der Waals surface area contributed by atoms with Crippen LogP contribution in [0, 0.1) is 0 Å². The third kappa shape index (κ3) is 1.47. The van der Waals surface area contributed by atoms with Gasteiger partial charge in [0.05, 0.1) is 18.6 Å². The summed E-state index contributed by atoms with van der Waals surface area (Å²) in [7, 11) is -1.80. The summed E-state index contributed by atoms with van der Waals surface area (Å²) >= 11 is 0. The van der Waals surface area contributed by atoms with Crippen molar-refractivity contribution in [1.82, 2.24) is 0 Å². The van der Waals surface area contributed by atoms with Gasteiger partial charge in [0.15, 0.2) is 15.4 Å². The van der Waals surface area contributed by atoms with Crippen molar-refractivity contribution in [2.45, 2.75) is 31.0 Å². The molecule has 2 atom stereocenters. The molecule has 0 amide bonds. The van der Waals surface area contributed by atoms with Crippen LogP contribution in [0.3, 0.4) is 0 Å². The first-order valence-electron chi connectivity index (χ1n) is 4.84. The Morgan fingerprint density at radius 1 is 1.47 bits per heavy atom. The zero-order chi connectivity index (χ0) is 11.3. The van der Waals surface area contributed by atoms with E-state index in [2.05, 4.69) is 4.74 Å². The molecule has 1 spiro atoms. The van der Waals surface area contributed by atoms with Gasteiger partial charge in [-0.3, -0.25) is 0 Å². The molecular formula is C9H14O5S. The van der Waals surface area contributed by atoms with Crippen molar-refractivity contribution in [2.24, 2.45) is 0 Å². The van der Waals surface area contributed by atoms with Crippen molar-refractivity contribution in [2.75, 3.05) is 18.6 Å². The van der Waals surface area contributed by atoms with Crippen LogP contribution in [0.4, 0.5) is 0 Å². The van der Waals surface area contributed by atoms with Crippen molar-refractivity contribution in [3.63, 3.8) is 0 Å². The largest absolute Gasteiger partial charge is 0.467 e. The highest BCUT2D eigenvalue weighted by atomic mass is 32.2. The molecule has 0 radical (unpaired) electrons. The lowest BCUT2D eigenvalue weighted by Crippen LogP contribution is -2.41. The van der Waals surface area contributed by atoms with E-state index in [1.54, 1.807) is 6.92 Å². The maximum Gasteiger partial charge on any atom is 0.340 e. The molecule has 2 fully saturated rings. The minimum Gasteiger partial charge on any atom is -0.467 e. The van der Waals surface area contributed by atoms with Gasteiger partial charge in [-0.2, -0.15) is 0 Å². The van der Waals surface area contributed by atoms with E-state index in [1.807, 2.05) is 0 Å². The van der Waals surface area contributed by atoms with E-state index in [1.165, 1.54) is 7.11 Å². The van der Waals surface area contributed by atoms with E-state index >= 15 is 0 Å². The van der Waals surface area contributed by atoms with E-state index in [0.29, 0.717) is 12.8 Å². The molecule has 5 nitrogen and oxygen atoms in total. The minimum absolute atomic E-state index is 0.0639. The van der Waals surface area contributed by atoms with Crippen molar-refractivity contribution < 1.29 is 22.7 Å². The van der Waals surface area contributed by atoms with Gasteiger partial charge in [-0.25, -0.2) is 13.2 Å². The van der Waals surface area contributed by atoms with Crippen LogP contribution in [0.25, 0.3) is 0 Å². The van der Waals surface area contributed by atoms with E-state index in [9.17, 15) is 13.2 Å². The molecule has 2 rings (SSSR count). The number of sulfone groups is 1. The summed E-state index contributed by atoms with van der Waals surface area (Å²) in [5, 5.41) is 0. The van der Waals surface area contributed by atoms with Crippen molar-refractivity contribution in [3.8, 4) is 0 Å². The zero-order valence-electron chi connectivity index (χ0n) is 8.78. The van der Waals surface area contributed by atoms with E-state index in [4.69, 9.17) is 4.74 Å². The maximum absolute atomic E-state index is 11.5. The summed E-state index contributed by atoms with van der Waals surface area (Å²) in [4.78, 5) is 11.4. The number of epoxide rings is 1. The molecule has 86 valence electrons. The first-order valence-corrected chi connectivity index (χ1v) is 6.66. The fraction of sp³-hybridized carbons (Fsp3) is 0.889. The van der Waals surface area contributed by atoms with Gasteiger partial charge in [0.25, 0.3) is 0 Å². The predicted octanol–water partition coefficient (Wildman–Crippen LogP) is -0.104. The van der Waals surface area contributed by atoms with Crippen molar-refractivity contribution in [1.29, 1.82) is 0 Å². The van der Waals surface area contributed by atoms with Crippen LogP contribution in [0.15, 0.2) is 0 Å². The smallest absolute Gasteiger partial charge is 0.340 e. The molecule has 2 unspecified atom stereocenters. The second-order valence-electron chi connectivity index (χ2n) is 4.32. The maximum atomic E-state index is 11.5. The molecule has 0 saturated carbocycles. The molecule has 2 saturated heterocycles. The number of hydrogen-bond acceptors (Lipinski definition) is 5.